The van der Waals surface area contributed by atoms with Crippen LogP contribution >= 0.6 is 0 Å². The first-order valence-electron chi connectivity index (χ1n) is 6.04. The summed E-state index contributed by atoms with van der Waals surface area (Å²) in [6.45, 7) is 13.7. The Kier molecular flexibility index (Phi) is 3.46. The fourth-order valence-electron chi connectivity index (χ4n) is 1.53. The van der Waals surface area contributed by atoms with Crippen LogP contribution in [0.1, 0.15) is 60.1 Å². The van der Waals surface area contributed by atoms with Gasteiger partial charge in [-0.05, 0) is 26.7 Å². The summed E-state index contributed by atoms with van der Waals surface area (Å²) in [5.41, 5.74) is 0.0888. The molecule has 0 fully saturated rings. The summed E-state index contributed by atoms with van der Waals surface area (Å²) in [4.78, 5) is 11.8. The molecule has 1 heterocycles. The quantitative estimate of drug-likeness (QED) is 0.809. The second-order valence-electron chi connectivity index (χ2n) is 5.98. The van der Waals surface area contributed by atoms with Crippen molar-refractivity contribution in [2.24, 2.45) is 5.41 Å². The van der Waals surface area contributed by atoms with Crippen LogP contribution in [0.3, 0.4) is 0 Å². The number of ketones is 1. The molecule has 0 aromatic carbocycles. The summed E-state index contributed by atoms with van der Waals surface area (Å²) in [5.74, 6) is 0.504. The summed E-state index contributed by atoms with van der Waals surface area (Å²) in [6, 6.07) is 0. The SMILES string of the molecule is CC(=O)C(C)(C)C(C)(C)n1cc(C(C)C)nn1. The molecule has 96 valence electrons. The van der Waals surface area contributed by atoms with Crippen molar-refractivity contribution in [2.45, 2.75) is 59.9 Å². The molecule has 4 heteroatoms. The largest absolute Gasteiger partial charge is 0.299 e. The van der Waals surface area contributed by atoms with E-state index in [1.54, 1.807) is 6.92 Å². The fourth-order valence-corrected chi connectivity index (χ4v) is 1.53. The van der Waals surface area contributed by atoms with Gasteiger partial charge in [0.2, 0.25) is 0 Å². The highest BCUT2D eigenvalue weighted by atomic mass is 16.1. The lowest BCUT2D eigenvalue weighted by Crippen LogP contribution is -2.46. The number of rotatable bonds is 4. The van der Waals surface area contributed by atoms with Crippen LogP contribution in [0.5, 0.6) is 0 Å². The van der Waals surface area contributed by atoms with Gasteiger partial charge in [0.25, 0.3) is 0 Å². The van der Waals surface area contributed by atoms with Crippen molar-refractivity contribution in [2.75, 3.05) is 0 Å². The maximum Gasteiger partial charge on any atom is 0.137 e. The number of hydrogen-bond acceptors (Lipinski definition) is 3. The van der Waals surface area contributed by atoms with E-state index in [0.29, 0.717) is 5.92 Å². The molecular formula is C13H23N3O. The minimum atomic E-state index is -0.477. The molecule has 0 spiro atoms. The van der Waals surface area contributed by atoms with Crippen LogP contribution < -0.4 is 0 Å². The summed E-state index contributed by atoms with van der Waals surface area (Å²) in [7, 11) is 0. The molecular weight excluding hydrogens is 214 g/mol. The van der Waals surface area contributed by atoms with Crippen molar-refractivity contribution in [3.63, 3.8) is 0 Å². The van der Waals surface area contributed by atoms with Gasteiger partial charge in [-0.3, -0.25) is 4.79 Å². The van der Waals surface area contributed by atoms with Crippen molar-refractivity contribution in [1.82, 2.24) is 15.0 Å². The zero-order valence-electron chi connectivity index (χ0n) is 11.9. The average molecular weight is 237 g/mol. The zero-order valence-corrected chi connectivity index (χ0v) is 11.9. The molecule has 1 aromatic heterocycles. The van der Waals surface area contributed by atoms with Crippen molar-refractivity contribution in [3.8, 4) is 0 Å². The Balaban J connectivity index is 3.16. The van der Waals surface area contributed by atoms with Crippen LogP contribution in [0.15, 0.2) is 6.20 Å². The molecule has 0 amide bonds. The molecule has 17 heavy (non-hydrogen) atoms. The van der Waals surface area contributed by atoms with E-state index in [9.17, 15) is 4.79 Å². The average Bonchev–Trinajstić information content (AvgIpc) is 2.65. The Morgan fingerprint density at radius 3 is 2.18 bits per heavy atom. The van der Waals surface area contributed by atoms with E-state index in [4.69, 9.17) is 0 Å². The van der Waals surface area contributed by atoms with Crippen molar-refractivity contribution < 1.29 is 4.79 Å². The number of Topliss-reactive ketones (excluding diaryl/α,β-unsaturated/α-hetero) is 1. The van der Waals surface area contributed by atoms with Crippen LogP contribution in [-0.4, -0.2) is 20.8 Å². The monoisotopic (exact) mass is 237 g/mol. The number of carbonyl (C=O) groups excluding carboxylic acids is 1. The maximum absolute atomic E-state index is 11.8. The highest BCUT2D eigenvalue weighted by molar-refractivity contribution is 5.82. The predicted molar refractivity (Wildman–Crippen MR) is 67.9 cm³/mol. The molecule has 0 saturated heterocycles. The van der Waals surface area contributed by atoms with E-state index < -0.39 is 5.41 Å². The molecule has 0 N–H and O–H groups in total. The van der Waals surface area contributed by atoms with Gasteiger partial charge in [0.15, 0.2) is 0 Å². The molecule has 1 rings (SSSR count). The van der Waals surface area contributed by atoms with Crippen LogP contribution in [0.2, 0.25) is 0 Å². The van der Waals surface area contributed by atoms with Crippen LogP contribution in [-0.2, 0) is 10.3 Å². The minimum absolute atomic E-state index is 0.157. The summed E-state index contributed by atoms with van der Waals surface area (Å²) in [5, 5.41) is 8.33. The van der Waals surface area contributed by atoms with Crippen LogP contribution in [0.4, 0.5) is 0 Å². The standard InChI is InChI=1S/C13H23N3O/c1-9(2)11-8-16(15-14-11)13(6,7)12(4,5)10(3)17/h8-9H,1-7H3. The van der Waals surface area contributed by atoms with Crippen molar-refractivity contribution in [1.29, 1.82) is 0 Å². The smallest absolute Gasteiger partial charge is 0.137 e. The van der Waals surface area contributed by atoms with E-state index in [0.717, 1.165) is 5.69 Å². The molecule has 0 aliphatic carbocycles. The number of carbonyl (C=O) groups is 1. The van der Waals surface area contributed by atoms with Gasteiger partial charge in [-0.15, -0.1) is 5.10 Å². The third-order valence-corrected chi connectivity index (χ3v) is 4.09. The van der Waals surface area contributed by atoms with Gasteiger partial charge < -0.3 is 0 Å². The Bertz CT molecular complexity index is 416. The highest BCUT2D eigenvalue weighted by Crippen LogP contribution is 2.37. The number of hydrogen-bond donors (Lipinski definition) is 0. The molecule has 0 aliphatic heterocycles. The Morgan fingerprint density at radius 2 is 1.82 bits per heavy atom. The normalized spacial score (nSPS) is 13.2. The minimum Gasteiger partial charge on any atom is -0.299 e. The molecule has 0 radical (unpaired) electrons. The van der Waals surface area contributed by atoms with Crippen LogP contribution in [0, 0.1) is 5.41 Å². The predicted octanol–water partition coefficient (Wildman–Crippen LogP) is 2.75. The maximum atomic E-state index is 11.8. The highest BCUT2D eigenvalue weighted by Gasteiger charge is 2.43. The van der Waals surface area contributed by atoms with Gasteiger partial charge in [-0.2, -0.15) is 0 Å². The van der Waals surface area contributed by atoms with Gasteiger partial charge in [0, 0.05) is 11.6 Å². The lowest BCUT2D eigenvalue weighted by Gasteiger charge is -2.39. The Hall–Kier alpha value is -1.19. The molecule has 0 saturated carbocycles. The second-order valence-corrected chi connectivity index (χ2v) is 5.98. The lowest BCUT2D eigenvalue weighted by molar-refractivity contribution is -0.130. The Labute approximate surface area is 103 Å². The van der Waals surface area contributed by atoms with E-state index >= 15 is 0 Å². The second kappa shape index (κ2) is 4.24. The molecule has 0 unspecified atom stereocenters. The van der Waals surface area contributed by atoms with Crippen molar-refractivity contribution >= 4 is 5.78 Å². The topological polar surface area (TPSA) is 47.8 Å². The van der Waals surface area contributed by atoms with Crippen molar-refractivity contribution in [3.05, 3.63) is 11.9 Å². The molecule has 0 atom stereocenters. The zero-order chi connectivity index (χ0) is 13.4. The lowest BCUT2D eigenvalue weighted by atomic mass is 9.72. The van der Waals surface area contributed by atoms with Gasteiger partial charge in [-0.25, -0.2) is 4.68 Å². The molecule has 0 bridgehead atoms. The molecule has 4 nitrogen and oxygen atoms in total. The third kappa shape index (κ3) is 2.26. The number of nitrogens with zero attached hydrogens (tertiary/aromatic N) is 3. The van der Waals surface area contributed by atoms with E-state index in [2.05, 4.69) is 24.2 Å². The van der Waals surface area contributed by atoms with E-state index in [1.807, 2.05) is 38.6 Å². The first-order chi connectivity index (χ1) is 7.60. The summed E-state index contributed by atoms with van der Waals surface area (Å²) >= 11 is 0. The third-order valence-electron chi connectivity index (χ3n) is 4.09. The summed E-state index contributed by atoms with van der Waals surface area (Å²) in [6.07, 6.45) is 1.94. The fraction of sp³-hybridized carbons (Fsp3) is 0.769. The first kappa shape index (κ1) is 13.9. The van der Waals surface area contributed by atoms with Gasteiger partial charge in [-0.1, -0.05) is 32.9 Å². The van der Waals surface area contributed by atoms with Gasteiger partial charge in [0.1, 0.15) is 5.78 Å². The van der Waals surface area contributed by atoms with E-state index in [-0.39, 0.29) is 11.3 Å². The summed E-state index contributed by atoms with van der Waals surface area (Å²) < 4.78 is 1.81. The van der Waals surface area contributed by atoms with Gasteiger partial charge >= 0.3 is 0 Å². The van der Waals surface area contributed by atoms with Crippen LogP contribution in [0.25, 0.3) is 0 Å². The van der Waals surface area contributed by atoms with E-state index in [1.165, 1.54) is 0 Å². The molecule has 0 aliphatic rings. The first-order valence-corrected chi connectivity index (χ1v) is 6.04. The molecule has 1 aromatic rings. The Morgan fingerprint density at radius 1 is 1.29 bits per heavy atom. The number of aromatic nitrogens is 3. The van der Waals surface area contributed by atoms with Gasteiger partial charge in [0.05, 0.1) is 11.2 Å².